The molecule has 0 bridgehead atoms. The first-order valence-corrected chi connectivity index (χ1v) is 10.2. The summed E-state index contributed by atoms with van der Waals surface area (Å²) in [4.78, 5) is 5.61. The molecule has 0 aromatic heterocycles. The maximum absolute atomic E-state index is 5.89. The number of aliphatic imine (C=N–C) groups is 1. The molecule has 0 radical (unpaired) electrons. The molecule has 0 atom stereocenters. The van der Waals surface area contributed by atoms with Crippen LogP contribution in [0.4, 0.5) is 0 Å². The van der Waals surface area contributed by atoms with E-state index in [1.165, 1.54) is 16.0 Å². The van der Waals surface area contributed by atoms with Gasteiger partial charge in [0.15, 0.2) is 5.96 Å². The fraction of sp³-hybridized carbons (Fsp3) is 0.632. The Bertz CT molecular complexity index is 552. The van der Waals surface area contributed by atoms with E-state index < -0.39 is 0 Å². The monoisotopic (exact) mass is 493 g/mol. The number of halogens is 1. The summed E-state index contributed by atoms with van der Waals surface area (Å²) >= 11 is 1.78. The largest absolute Gasteiger partial charge is 0.381 e. The van der Waals surface area contributed by atoms with Gasteiger partial charge >= 0.3 is 0 Å². The number of thioether (sulfide) groups is 1. The summed E-state index contributed by atoms with van der Waals surface area (Å²) in [5.74, 6) is 0.832. The van der Waals surface area contributed by atoms with Gasteiger partial charge in [-0.05, 0) is 49.6 Å². The number of benzene rings is 1. The molecule has 0 amide bonds. The van der Waals surface area contributed by atoms with E-state index in [0.717, 1.165) is 58.1 Å². The number of ether oxygens (including phenoxy) is 2. The number of rotatable bonds is 8. The number of nitrogens with one attached hydrogen (secondary N) is 2. The molecule has 1 fully saturated rings. The molecule has 26 heavy (non-hydrogen) atoms. The summed E-state index contributed by atoms with van der Waals surface area (Å²) in [7, 11) is 1.80. The van der Waals surface area contributed by atoms with Crippen molar-refractivity contribution in [2.75, 3.05) is 39.7 Å². The smallest absolute Gasteiger partial charge is 0.191 e. The highest BCUT2D eigenvalue weighted by atomic mass is 127. The third-order valence-electron chi connectivity index (χ3n) is 4.25. The zero-order valence-corrected chi connectivity index (χ0v) is 19.2. The molecule has 7 heteroatoms. The number of nitrogens with zero attached hydrogens (tertiary/aromatic N) is 1. The lowest BCUT2D eigenvalue weighted by atomic mass is 10.1. The molecule has 2 rings (SSSR count). The standard InChI is InChI=1S/C19H31N3O2S.HI/c1-15-5-6-16(18(13-15)25-3)14-22-19(20-2)21-9-4-10-24-17-7-11-23-12-8-17;/h5-6,13,17H,4,7-12,14H2,1-3H3,(H2,20,21,22);1H. The second-order valence-corrected chi connectivity index (χ2v) is 7.05. The minimum Gasteiger partial charge on any atom is -0.381 e. The topological polar surface area (TPSA) is 54.9 Å². The van der Waals surface area contributed by atoms with E-state index in [1.54, 1.807) is 18.8 Å². The van der Waals surface area contributed by atoms with Crippen LogP contribution in [-0.2, 0) is 16.0 Å². The molecule has 2 N–H and O–H groups in total. The molecule has 1 aromatic carbocycles. The Kier molecular flexibility index (Phi) is 12.3. The molecule has 0 aliphatic carbocycles. The van der Waals surface area contributed by atoms with E-state index in [9.17, 15) is 0 Å². The summed E-state index contributed by atoms with van der Waals surface area (Å²) in [6, 6.07) is 6.56. The molecule has 5 nitrogen and oxygen atoms in total. The van der Waals surface area contributed by atoms with Crippen LogP contribution in [-0.4, -0.2) is 51.7 Å². The van der Waals surface area contributed by atoms with Crippen LogP contribution in [0.3, 0.4) is 0 Å². The quantitative estimate of drug-likeness (QED) is 0.191. The van der Waals surface area contributed by atoms with Crippen molar-refractivity contribution < 1.29 is 9.47 Å². The van der Waals surface area contributed by atoms with E-state index in [-0.39, 0.29) is 24.0 Å². The van der Waals surface area contributed by atoms with Crippen LogP contribution < -0.4 is 10.6 Å². The van der Waals surface area contributed by atoms with Crippen molar-refractivity contribution >= 4 is 41.7 Å². The van der Waals surface area contributed by atoms with Gasteiger partial charge in [0.1, 0.15) is 0 Å². The Hall–Kier alpha value is -0.510. The first kappa shape index (κ1) is 23.5. The molecule has 1 aliphatic heterocycles. The van der Waals surface area contributed by atoms with Crippen LogP contribution in [0.5, 0.6) is 0 Å². The van der Waals surface area contributed by atoms with Crippen LogP contribution in [0.15, 0.2) is 28.1 Å². The third kappa shape index (κ3) is 8.45. The lowest BCUT2D eigenvalue weighted by molar-refractivity contribution is -0.0320. The van der Waals surface area contributed by atoms with E-state index >= 15 is 0 Å². The minimum absolute atomic E-state index is 0. The Balaban J connectivity index is 0.00000338. The molecular formula is C19H32IN3O2S. The highest BCUT2D eigenvalue weighted by Gasteiger charge is 2.13. The molecule has 0 spiro atoms. The SMILES string of the molecule is CN=C(NCCCOC1CCOCC1)NCc1ccc(C)cc1SC.I. The summed E-state index contributed by atoms with van der Waals surface area (Å²) in [5.41, 5.74) is 2.59. The molecule has 1 saturated heterocycles. The number of aryl methyl sites for hydroxylation is 1. The van der Waals surface area contributed by atoms with E-state index in [2.05, 4.69) is 47.0 Å². The van der Waals surface area contributed by atoms with Gasteiger partial charge in [0.2, 0.25) is 0 Å². The average molecular weight is 493 g/mol. The van der Waals surface area contributed by atoms with Crippen LogP contribution in [0, 0.1) is 6.92 Å². The van der Waals surface area contributed by atoms with Gasteiger partial charge in [-0.1, -0.05) is 12.1 Å². The van der Waals surface area contributed by atoms with E-state index in [0.29, 0.717) is 6.10 Å². The minimum atomic E-state index is 0. The number of guanidine groups is 1. The van der Waals surface area contributed by atoms with Crippen molar-refractivity contribution in [3.05, 3.63) is 29.3 Å². The number of hydrogen-bond acceptors (Lipinski definition) is 4. The van der Waals surface area contributed by atoms with Gasteiger partial charge in [-0.15, -0.1) is 35.7 Å². The second-order valence-electron chi connectivity index (χ2n) is 6.20. The normalized spacial score (nSPS) is 15.4. The summed E-state index contributed by atoms with van der Waals surface area (Å²) in [6.07, 6.45) is 5.50. The van der Waals surface area contributed by atoms with E-state index in [4.69, 9.17) is 9.47 Å². The third-order valence-corrected chi connectivity index (χ3v) is 5.07. The highest BCUT2D eigenvalue weighted by molar-refractivity contribution is 14.0. The Morgan fingerprint density at radius 2 is 2.08 bits per heavy atom. The maximum atomic E-state index is 5.89. The number of hydrogen-bond donors (Lipinski definition) is 2. The van der Waals surface area contributed by atoms with Crippen LogP contribution >= 0.6 is 35.7 Å². The fourth-order valence-electron chi connectivity index (χ4n) is 2.77. The molecule has 1 heterocycles. The summed E-state index contributed by atoms with van der Waals surface area (Å²) < 4.78 is 11.2. The van der Waals surface area contributed by atoms with E-state index in [1.807, 2.05) is 0 Å². The molecular weight excluding hydrogens is 461 g/mol. The van der Waals surface area contributed by atoms with Gasteiger partial charge in [-0.3, -0.25) is 4.99 Å². The van der Waals surface area contributed by atoms with Crippen LogP contribution in [0.25, 0.3) is 0 Å². The van der Waals surface area contributed by atoms with Crippen LogP contribution in [0.2, 0.25) is 0 Å². The van der Waals surface area contributed by atoms with Gasteiger partial charge in [0.25, 0.3) is 0 Å². The summed E-state index contributed by atoms with van der Waals surface area (Å²) in [6.45, 7) is 6.19. The van der Waals surface area contributed by atoms with Crippen LogP contribution in [0.1, 0.15) is 30.4 Å². The zero-order chi connectivity index (χ0) is 17.9. The maximum Gasteiger partial charge on any atom is 0.191 e. The summed E-state index contributed by atoms with van der Waals surface area (Å²) in [5, 5.41) is 6.74. The fourth-order valence-corrected chi connectivity index (χ4v) is 3.48. The van der Waals surface area contributed by atoms with Crippen molar-refractivity contribution in [2.24, 2.45) is 4.99 Å². The van der Waals surface area contributed by atoms with Crippen molar-refractivity contribution in [3.63, 3.8) is 0 Å². The van der Waals surface area contributed by atoms with Crippen molar-refractivity contribution in [3.8, 4) is 0 Å². The molecule has 1 aromatic rings. The average Bonchev–Trinajstić information content (AvgIpc) is 2.65. The van der Waals surface area contributed by atoms with Crippen molar-refractivity contribution in [2.45, 2.75) is 43.7 Å². The zero-order valence-electron chi connectivity index (χ0n) is 16.0. The van der Waals surface area contributed by atoms with Gasteiger partial charge in [-0.2, -0.15) is 0 Å². The molecule has 0 saturated carbocycles. The molecule has 148 valence electrons. The van der Waals surface area contributed by atoms with Crippen molar-refractivity contribution in [1.29, 1.82) is 0 Å². The first-order valence-electron chi connectivity index (χ1n) is 9.00. The first-order chi connectivity index (χ1) is 12.2. The van der Waals surface area contributed by atoms with Gasteiger partial charge in [0, 0.05) is 44.9 Å². The second kappa shape index (κ2) is 13.6. The highest BCUT2D eigenvalue weighted by Crippen LogP contribution is 2.21. The Labute approximate surface area is 179 Å². The van der Waals surface area contributed by atoms with Crippen molar-refractivity contribution in [1.82, 2.24) is 10.6 Å². The van der Waals surface area contributed by atoms with Gasteiger partial charge in [0.05, 0.1) is 6.10 Å². The van der Waals surface area contributed by atoms with Gasteiger partial charge in [-0.25, -0.2) is 0 Å². The van der Waals surface area contributed by atoms with Gasteiger partial charge < -0.3 is 20.1 Å². The molecule has 1 aliphatic rings. The Morgan fingerprint density at radius 3 is 2.77 bits per heavy atom. The Morgan fingerprint density at radius 1 is 1.31 bits per heavy atom. The lowest BCUT2D eigenvalue weighted by Crippen LogP contribution is -2.37. The molecule has 0 unspecified atom stereocenters. The lowest BCUT2D eigenvalue weighted by Gasteiger charge is -2.22. The predicted octanol–water partition coefficient (Wildman–Crippen LogP) is 3.59. The predicted molar refractivity (Wildman–Crippen MR) is 121 cm³/mol.